The van der Waals surface area contributed by atoms with Crippen LogP contribution in [0.1, 0.15) is 34.8 Å². The summed E-state index contributed by atoms with van der Waals surface area (Å²) >= 11 is 0. The van der Waals surface area contributed by atoms with Crippen LogP contribution in [0.3, 0.4) is 0 Å². The lowest BCUT2D eigenvalue weighted by Crippen LogP contribution is -2.45. The van der Waals surface area contributed by atoms with Gasteiger partial charge in [-0.25, -0.2) is 0 Å². The SMILES string of the molecule is CC[C@@H](CNC(=O)c1ccccc1OC)N1CCc2ccccc2C1. The number of carbonyl (C=O) groups excluding carboxylic acids is 1. The zero-order valence-corrected chi connectivity index (χ0v) is 15.0. The molecule has 4 heteroatoms. The molecule has 2 aromatic carbocycles. The number of fused-ring (bicyclic) bond motifs is 1. The van der Waals surface area contributed by atoms with Crippen LogP contribution in [0.5, 0.6) is 5.75 Å². The first kappa shape index (κ1) is 17.5. The second-order valence-corrected chi connectivity index (χ2v) is 6.46. The lowest BCUT2D eigenvalue weighted by molar-refractivity contribution is 0.0923. The number of carbonyl (C=O) groups is 1. The van der Waals surface area contributed by atoms with Gasteiger partial charge in [-0.15, -0.1) is 0 Å². The van der Waals surface area contributed by atoms with Crippen molar-refractivity contribution in [1.82, 2.24) is 10.2 Å². The van der Waals surface area contributed by atoms with Crippen molar-refractivity contribution in [2.45, 2.75) is 32.4 Å². The number of para-hydroxylation sites is 1. The minimum atomic E-state index is -0.0756. The second kappa shape index (κ2) is 8.17. The third-order valence-corrected chi connectivity index (χ3v) is 5.00. The summed E-state index contributed by atoms with van der Waals surface area (Å²) in [5.41, 5.74) is 3.44. The molecule has 0 saturated carbocycles. The van der Waals surface area contributed by atoms with E-state index in [-0.39, 0.29) is 5.91 Å². The second-order valence-electron chi connectivity index (χ2n) is 6.46. The van der Waals surface area contributed by atoms with Crippen molar-refractivity contribution in [3.8, 4) is 5.75 Å². The maximum absolute atomic E-state index is 12.5. The Bertz CT molecular complexity index is 729. The zero-order valence-electron chi connectivity index (χ0n) is 15.0. The van der Waals surface area contributed by atoms with Crippen molar-refractivity contribution in [2.24, 2.45) is 0 Å². The van der Waals surface area contributed by atoms with Crippen molar-refractivity contribution >= 4 is 5.91 Å². The average Bonchev–Trinajstić information content (AvgIpc) is 2.68. The van der Waals surface area contributed by atoms with E-state index < -0.39 is 0 Å². The van der Waals surface area contributed by atoms with Crippen LogP contribution in [0.25, 0.3) is 0 Å². The van der Waals surface area contributed by atoms with Crippen LogP contribution in [-0.4, -0.2) is 37.0 Å². The summed E-state index contributed by atoms with van der Waals surface area (Å²) in [7, 11) is 1.59. The van der Waals surface area contributed by atoms with E-state index in [0.29, 0.717) is 23.9 Å². The highest BCUT2D eigenvalue weighted by molar-refractivity contribution is 5.96. The van der Waals surface area contributed by atoms with Gasteiger partial charge in [-0.3, -0.25) is 9.69 Å². The molecule has 1 heterocycles. The van der Waals surface area contributed by atoms with Gasteiger partial charge in [0.2, 0.25) is 0 Å². The molecule has 0 aliphatic carbocycles. The Hall–Kier alpha value is -2.33. The Kier molecular flexibility index (Phi) is 5.71. The van der Waals surface area contributed by atoms with Gasteiger partial charge < -0.3 is 10.1 Å². The van der Waals surface area contributed by atoms with E-state index >= 15 is 0 Å². The van der Waals surface area contributed by atoms with E-state index in [1.807, 2.05) is 18.2 Å². The van der Waals surface area contributed by atoms with Gasteiger partial charge in [-0.1, -0.05) is 43.3 Å². The first-order valence-corrected chi connectivity index (χ1v) is 8.95. The van der Waals surface area contributed by atoms with E-state index in [2.05, 4.69) is 41.4 Å². The van der Waals surface area contributed by atoms with Gasteiger partial charge in [0.1, 0.15) is 5.75 Å². The smallest absolute Gasteiger partial charge is 0.255 e. The lowest BCUT2D eigenvalue weighted by atomic mass is 9.98. The molecule has 0 aromatic heterocycles. The molecule has 0 radical (unpaired) electrons. The fourth-order valence-electron chi connectivity index (χ4n) is 3.50. The number of ether oxygens (including phenoxy) is 1. The van der Waals surface area contributed by atoms with Gasteiger partial charge in [0.05, 0.1) is 12.7 Å². The number of amides is 1. The minimum absolute atomic E-state index is 0.0756. The summed E-state index contributed by atoms with van der Waals surface area (Å²) in [5, 5.41) is 3.09. The van der Waals surface area contributed by atoms with Crippen LogP contribution in [0.4, 0.5) is 0 Å². The lowest BCUT2D eigenvalue weighted by Gasteiger charge is -2.35. The zero-order chi connectivity index (χ0) is 17.6. The largest absolute Gasteiger partial charge is 0.496 e. The fraction of sp³-hybridized carbons (Fsp3) is 0.381. The highest BCUT2D eigenvalue weighted by Crippen LogP contribution is 2.21. The maximum Gasteiger partial charge on any atom is 0.255 e. The summed E-state index contributed by atoms with van der Waals surface area (Å²) in [5.74, 6) is 0.535. The number of nitrogens with one attached hydrogen (secondary N) is 1. The summed E-state index contributed by atoms with van der Waals surface area (Å²) in [6.45, 7) is 4.83. The van der Waals surface area contributed by atoms with Crippen LogP contribution >= 0.6 is 0 Å². The molecule has 1 aliphatic rings. The predicted octanol–water partition coefficient (Wildman–Crippen LogP) is 3.26. The number of hydrogen-bond donors (Lipinski definition) is 1. The van der Waals surface area contributed by atoms with Gasteiger partial charge in [-0.2, -0.15) is 0 Å². The third-order valence-electron chi connectivity index (χ3n) is 5.00. The van der Waals surface area contributed by atoms with Crippen molar-refractivity contribution < 1.29 is 9.53 Å². The quantitative estimate of drug-likeness (QED) is 0.879. The number of hydrogen-bond acceptors (Lipinski definition) is 3. The molecule has 1 amide bonds. The van der Waals surface area contributed by atoms with Crippen LogP contribution in [0.15, 0.2) is 48.5 Å². The van der Waals surface area contributed by atoms with Gasteiger partial charge in [0.15, 0.2) is 0 Å². The van der Waals surface area contributed by atoms with E-state index in [0.717, 1.165) is 25.9 Å². The predicted molar refractivity (Wildman–Crippen MR) is 100.0 cm³/mol. The monoisotopic (exact) mass is 338 g/mol. The summed E-state index contributed by atoms with van der Waals surface area (Å²) < 4.78 is 5.28. The average molecular weight is 338 g/mol. The van der Waals surface area contributed by atoms with Crippen LogP contribution in [0, 0.1) is 0 Å². The molecular formula is C21H26N2O2. The fourth-order valence-corrected chi connectivity index (χ4v) is 3.50. The van der Waals surface area contributed by atoms with Crippen LogP contribution in [0.2, 0.25) is 0 Å². The first-order chi connectivity index (χ1) is 12.2. The summed E-state index contributed by atoms with van der Waals surface area (Å²) in [6.07, 6.45) is 2.08. The van der Waals surface area contributed by atoms with E-state index in [1.54, 1.807) is 13.2 Å². The molecule has 4 nitrogen and oxygen atoms in total. The molecule has 1 atom stereocenters. The summed E-state index contributed by atoms with van der Waals surface area (Å²) in [4.78, 5) is 15.0. The molecular weight excluding hydrogens is 312 g/mol. The number of methoxy groups -OCH3 is 1. The first-order valence-electron chi connectivity index (χ1n) is 8.95. The number of nitrogens with zero attached hydrogens (tertiary/aromatic N) is 1. The van der Waals surface area contributed by atoms with Gasteiger partial charge in [-0.05, 0) is 36.1 Å². The molecule has 0 saturated heterocycles. The standard InChI is InChI=1S/C21H26N2O2/c1-3-18(23-13-12-16-8-4-5-9-17(16)15-23)14-22-21(24)19-10-6-7-11-20(19)25-2/h4-11,18H,3,12-15H2,1-2H3,(H,22,24)/t18-/m0/s1. The molecule has 1 aliphatic heterocycles. The minimum Gasteiger partial charge on any atom is -0.496 e. The molecule has 2 aromatic rings. The molecule has 132 valence electrons. The van der Waals surface area contributed by atoms with E-state index in [4.69, 9.17) is 4.74 Å². The Labute approximate surface area is 149 Å². The van der Waals surface area contributed by atoms with Crippen molar-refractivity contribution in [3.63, 3.8) is 0 Å². The van der Waals surface area contributed by atoms with Gasteiger partial charge in [0.25, 0.3) is 5.91 Å². The Balaban J connectivity index is 1.62. The van der Waals surface area contributed by atoms with E-state index in [1.165, 1.54) is 11.1 Å². The van der Waals surface area contributed by atoms with Crippen LogP contribution < -0.4 is 10.1 Å². The van der Waals surface area contributed by atoms with E-state index in [9.17, 15) is 4.79 Å². The molecule has 0 fully saturated rings. The van der Waals surface area contributed by atoms with Crippen LogP contribution in [-0.2, 0) is 13.0 Å². The molecule has 25 heavy (non-hydrogen) atoms. The number of rotatable bonds is 6. The maximum atomic E-state index is 12.5. The molecule has 0 unspecified atom stereocenters. The molecule has 1 N–H and O–H groups in total. The van der Waals surface area contributed by atoms with Crippen molar-refractivity contribution in [3.05, 3.63) is 65.2 Å². The molecule has 3 rings (SSSR count). The Morgan fingerprint density at radius 3 is 2.64 bits per heavy atom. The Morgan fingerprint density at radius 2 is 1.88 bits per heavy atom. The number of benzene rings is 2. The molecule has 0 bridgehead atoms. The van der Waals surface area contributed by atoms with Gasteiger partial charge in [0, 0.05) is 25.7 Å². The third kappa shape index (κ3) is 4.02. The summed E-state index contributed by atoms with van der Waals surface area (Å²) in [6, 6.07) is 16.3. The highest BCUT2D eigenvalue weighted by Gasteiger charge is 2.23. The van der Waals surface area contributed by atoms with Crippen molar-refractivity contribution in [1.29, 1.82) is 0 Å². The normalized spacial score (nSPS) is 15.3. The van der Waals surface area contributed by atoms with Gasteiger partial charge >= 0.3 is 0 Å². The highest BCUT2D eigenvalue weighted by atomic mass is 16.5. The topological polar surface area (TPSA) is 41.6 Å². The van der Waals surface area contributed by atoms with Crippen molar-refractivity contribution in [2.75, 3.05) is 20.2 Å². The Morgan fingerprint density at radius 1 is 1.16 bits per heavy atom. The molecule has 0 spiro atoms.